The van der Waals surface area contributed by atoms with Crippen LogP contribution < -0.4 is 5.32 Å². The van der Waals surface area contributed by atoms with Gasteiger partial charge in [-0.25, -0.2) is 0 Å². The average Bonchev–Trinajstić information content (AvgIpc) is 3.06. The van der Waals surface area contributed by atoms with Crippen molar-refractivity contribution >= 4 is 5.91 Å². The van der Waals surface area contributed by atoms with Gasteiger partial charge in [-0.15, -0.1) is 0 Å². The summed E-state index contributed by atoms with van der Waals surface area (Å²) in [6.07, 6.45) is 35.3. The second-order valence-electron chi connectivity index (χ2n) is 14.4. The van der Waals surface area contributed by atoms with Gasteiger partial charge in [-0.1, -0.05) is 194 Å². The zero-order chi connectivity index (χ0) is 33.9. The maximum absolute atomic E-state index is 12.5. The van der Waals surface area contributed by atoms with E-state index >= 15 is 0 Å². The predicted octanol–water partition coefficient (Wildman–Crippen LogP) is 10.1. The van der Waals surface area contributed by atoms with Gasteiger partial charge in [0.15, 0.2) is 0 Å². The molecule has 6 heteroatoms. The van der Waals surface area contributed by atoms with Crippen molar-refractivity contribution in [3.8, 4) is 0 Å². The standard InChI is InChI=1S/C40H81NO5/c1-3-5-7-9-11-13-15-16-17-18-19-20-21-22-24-26-28-30-32-39(45)40(46)41-37(35-42)38(44)34-33-36(43)31-29-27-25-23-14-12-10-8-6-4-2/h36-39,42-45H,3-35H2,1-2H3,(H,41,46). The van der Waals surface area contributed by atoms with E-state index < -0.39 is 36.9 Å². The van der Waals surface area contributed by atoms with Gasteiger partial charge in [-0.3, -0.25) is 4.79 Å². The van der Waals surface area contributed by atoms with Crippen molar-refractivity contribution in [2.24, 2.45) is 0 Å². The molecule has 0 radical (unpaired) electrons. The van der Waals surface area contributed by atoms with Gasteiger partial charge in [0, 0.05) is 0 Å². The highest BCUT2D eigenvalue weighted by Crippen LogP contribution is 2.17. The Labute approximate surface area is 286 Å². The van der Waals surface area contributed by atoms with Gasteiger partial charge >= 0.3 is 0 Å². The van der Waals surface area contributed by atoms with Crippen molar-refractivity contribution in [2.45, 2.75) is 244 Å². The number of aliphatic hydroxyl groups is 4. The van der Waals surface area contributed by atoms with E-state index in [4.69, 9.17) is 0 Å². The van der Waals surface area contributed by atoms with Crippen molar-refractivity contribution in [1.29, 1.82) is 0 Å². The Hall–Kier alpha value is -0.690. The van der Waals surface area contributed by atoms with Crippen LogP contribution in [0.15, 0.2) is 0 Å². The first-order chi connectivity index (χ1) is 22.5. The number of aliphatic hydroxyl groups excluding tert-OH is 4. The van der Waals surface area contributed by atoms with Crippen molar-refractivity contribution in [2.75, 3.05) is 6.61 Å². The SMILES string of the molecule is CCCCCCCCCCCCCCCCCCCCC(O)C(=O)NC(CO)C(O)CCC(O)CCCCCCCCCCCC. The topological polar surface area (TPSA) is 110 Å². The summed E-state index contributed by atoms with van der Waals surface area (Å²) < 4.78 is 0. The first-order valence-corrected chi connectivity index (χ1v) is 20.4. The molecular weight excluding hydrogens is 574 g/mol. The fourth-order valence-electron chi connectivity index (χ4n) is 6.49. The number of hydrogen-bond donors (Lipinski definition) is 5. The quantitative estimate of drug-likeness (QED) is 0.0428. The lowest BCUT2D eigenvalue weighted by Gasteiger charge is -2.24. The van der Waals surface area contributed by atoms with Gasteiger partial charge in [0.05, 0.1) is 24.9 Å². The summed E-state index contributed by atoms with van der Waals surface area (Å²) in [5, 5.41) is 43.5. The molecule has 5 N–H and O–H groups in total. The average molecular weight is 656 g/mol. The molecule has 46 heavy (non-hydrogen) atoms. The molecule has 4 atom stereocenters. The van der Waals surface area contributed by atoms with Crippen LogP contribution >= 0.6 is 0 Å². The van der Waals surface area contributed by atoms with Crippen LogP contribution in [-0.4, -0.2) is 57.3 Å². The first kappa shape index (κ1) is 45.3. The zero-order valence-electron chi connectivity index (χ0n) is 30.8. The largest absolute Gasteiger partial charge is 0.394 e. The van der Waals surface area contributed by atoms with Crippen molar-refractivity contribution < 1.29 is 25.2 Å². The molecular formula is C40H81NO5. The summed E-state index contributed by atoms with van der Waals surface area (Å²) in [6, 6.07) is -0.827. The molecule has 0 rings (SSSR count). The molecule has 0 spiro atoms. The molecule has 276 valence electrons. The van der Waals surface area contributed by atoms with Gasteiger partial charge in [-0.05, 0) is 25.7 Å². The Kier molecular flexibility index (Phi) is 35.1. The minimum Gasteiger partial charge on any atom is -0.394 e. The van der Waals surface area contributed by atoms with Crippen molar-refractivity contribution in [1.82, 2.24) is 5.32 Å². The highest BCUT2D eigenvalue weighted by atomic mass is 16.3. The number of unbranched alkanes of at least 4 members (excludes halogenated alkanes) is 26. The van der Waals surface area contributed by atoms with Gasteiger partial charge in [0.25, 0.3) is 0 Å². The van der Waals surface area contributed by atoms with Crippen molar-refractivity contribution in [3.05, 3.63) is 0 Å². The smallest absolute Gasteiger partial charge is 0.249 e. The van der Waals surface area contributed by atoms with E-state index in [1.807, 2.05) is 0 Å². The van der Waals surface area contributed by atoms with E-state index in [9.17, 15) is 25.2 Å². The molecule has 0 aromatic rings. The summed E-state index contributed by atoms with van der Waals surface area (Å²) in [4.78, 5) is 12.5. The lowest BCUT2D eigenvalue weighted by Crippen LogP contribution is -2.49. The molecule has 0 aliphatic heterocycles. The zero-order valence-corrected chi connectivity index (χ0v) is 30.8. The van der Waals surface area contributed by atoms with E-state index in [1.165, 1.54) is 148 Å². The van der Waals surface area contributed by atoms with E-state index in [2.05, 4.69) is 19.2 Å². The van der Waals surface area contributed by atoms with Crippen LogP contribution in [0.1, 0.15) is 219 Å². The molecule has 0 aliphatic carbocycles. The Bertz CT molecular complexity index is 618. The van der Waals surface area contributed by atoms with E-state index in [-0.39, 0.29) is 0 Å². The first-order valence-electron chi connectivity index (χ1n) is 20.4. The number of hydrogen-bond acceptors (Lipinski definition) is 5. The minimum absolute atomic E-state index is 0.305. The van der Waals surface area contributed by atoms with Crippen LogP contribution in [0.5, 0.6) is 0 Å². The summed E-state index contributed by atoms with van der Waals surface area (Å²) in [7, 11) is 0. The molecule has 0 aromatic carbocycles. The summed E-state index contributed by atoms with van der Waals surface area (Å²) in [5.41, 5.74) is 0. The fourth-order valence-corrected chi connectivity index (χ4v) is 6.49. The van der Waals surface area contributed by atoms with Gasteiger partial charge in [-0.2, -0.15) is 0 Å². The lowest BCUT2D eigenvalue weighted by molar-refractivity contribution is -0.131. The highest BCUT2D eigenvalue weighted by Gasteiger charge is 2.24. The lowest BCUT2D eigenvalue weighted by atomic mass is 9.99. The van der Waals surface area contributed by atoms with E-state index in [0.717, 1.165) is 38.5 Å². The number of amides is 1. The third-order valence-electron chi connectivity index (χ3n) is 9.81. The molecule has 0 heterocycles. The Morgan fingerprint density at radius 2 is 0.783 bits per heavy atom. The van der Waals surface area contributed by atoms with Crippen LogP contribution in [0.4, 0.5) is 0 Å². The number of carbonyl (C=O) groups is 1. The number of carbonyl (C=O) groups excluding carboxylic acids is 1. The Balaban J connectivity index is 3.71. The van der Waals surface area contributed by atoms with Gasteiger partial charge in [0.1, 0.15) is 6.10 Å². The molecule has 6 nitrogen and oxygen atoms in total. The normalized spacial score (nSPS) is 14.3. The Morgan fingerprint density at radius 1 is 0.457 bits per heavy atom. The maximum Gasteiger partial charge on any atom is 0.249 e. The Morgan fingerprint density at radius 3 is 1.13 bits per heavy atom. The molecule has 0 fully saturated rings. The summed E-state index contributed by atoms with van der Waals surface area (Å²) in [5.74, 6) is -0.531. The van der Waals surface area contributed by atoms with Crippen LogP contribution in [0.25, 0.3) is 0 Å². The molecule has 0 aliphatic rings. The third-order valence-corrected chi connectivity index (χ3v) is 9.81. The van der Waals surface area contributed by atoms with E-state index in [0.29, 0.717) is 19.3 Å². The van der Waals surface area contributed by atoms with Crippen molar-refractivity contribution in [3.63, 3.8) is 0 Å². The molecule has 4 unspecified atom stereocenters. The number of rotatable bonds is 37. The molecule has 0 aromatic heterocycles. The van der Waals surface area contributed by atoms with E-state index in [1.54, 1.807) is 0 Å². The fraction of sp³-hybridized carbons (Fsp3) is 0.975. The monoisotopic (exact) mass is 656 g/mol. The molecule has 0 saturated heterocycles. The minimum atomic E-state index is -1.12. The maximum atomic E-state index is 12.5. The molecule has 0 saturated carbocycles. The molecule has 0 bridgehead atoms. The highest BCUT2D eigenvalue weighted by molar-refractivity contribution is 5.80. The van der Waals surface area contributed by atoms with Crippen LogP contribution in [0.2, 0.25) is 0 Å². The van der Waals surface area contributed by atoms with Crippen LogP contribution in [-0.2, 0) is 4.79 Å². The summed E-state index contributed by atoms with van der Waals surface area (Å²) >= 11 is 0. The second-order valence-corrected chi connectivity index (χ2v) is 14.4. The van der Waals surface area contributed by atoms with Crippen LogP contribution in [0.3, 0.4) is 0 Å². The predicted molar refractivity (Wildman–Crippen MR) is 196 cm³/mol. The third kappa shape index (κ3) is 30.6. The summed E-state index contributed by atoms with van der Waals surface area (Å²) in [6.45, 7) is 4.12. The van der Waals surface area contributed by atoms with Gasteiger partial charge in [0.2, 0.25) is 5.91 Å². The second kappa shape index (κ2) is 35.6. The number of nitrogens with one attached hydrogen (secondary N) is 1. The van der Waals surface area contributed by atoms with Gasteiger partial charge < -0.3 is 25.7 Å². The van der Waals surface area contributed by atoms with Crippen LogP contribution in [0, 0.1) is 0 Å². The molecule has 1 amide bonds.